The first kappa shape index (κ1) is 21.0. The summed E-state index contributed by atoms with van der Waals surface area (Å²) < 4.78 is 2.03. The number of benzene rings is 2. The third kappa shape index (κ3) is 4.63. The number of thiazole rings is 1. The lowest BCUT2D eigenvalue weighted by atomic mass is 10.1. The molecule has 0 N–H and O–H groups in total. The number of rotatable bonds is 6. The number of aryl methyl sites for hydroxylation is 1. The Morgan fingerprint density at radius 1 is 1.14 bits per heavy atom. The third-order valence-electron chi connectivity index (χ3n) is 4.41. The van der Waals surface area contributed by atoms with Crippen molar-refractivity contribution < 1.29 is 9.72 Å². The van der Waals surface area contributed by atoms with Gasteiger partial charge in [0, 0.05) is 34.1 Å². The highest BCUT2D eigenvalue weighted by atomic mass is 35.5. The molecule has 29 heavy (non-hydrogen) atoms. The standard InChI is InChI=1S/C21H20ClN3O3S/c1-3-5-18-19(14-6-10-16(22)11-7-14)24(4-2)21(29-18)23-20(26)15-8-12-17(13-9-15)25(27)28/h6-13H,3-5H2,1-2H3. The van der Waals surface area contributed by atoms with Crippen LogP contribution < -0.4 is 4.80 Å². The van der Waals surface area contributed by atoms with Crippen LogP contribution in [0.4, 0.5) is 5.69 Å². The number of hydrogen-bond donors (Lipinski definition) is 0. The number of nitrogens with zero attached hydrogens (tertiary/aromatic N) is 3. The average molecular weight is 430 g/mol. The third-order valence-corrected chi connectivity index (χ3v) is 5.80. The first-order valence-electron chi connectivity index (χ1n) is 9.26. The largest absolute Gasteiger partial charge is 0.316 e. The average Bonchev–Trinajstić information content (AvgIpc) is 3.05. The van der Waals surface area contributed by atoms with Gasteiger partial charge in [-0.3, -0.25) is 14.9 Å². The van der Waals surface area contributed by atoms with Crippen molar-refractivity contribution in [2.24, 2.45) is 4.99 Å². The van der Waals surface area contributed by atoms with Gasteiger partial charge in [-0.05, 0) is 43.2 Å². The highest BCUT2D eigenvalue weighted by molar-refractivity contribution is 7.09. The topological polar surface area (TPSA) is 77.5 Å². The normalized spacial score (nSPS) is 11.6. The molecule has 150 valence electrons. The maximum absolute atomic E-state index is 12.7. The smallest absolute Gasteiger partial charge is 0.279 e. The number of carbonyl (C=O) groups is 1. The van der Waals surface area contributed by atoms with Crippen LogP contribution in [0.5, 0.6) is 0 Å². The lowest BCUT2D eigenvalue weighted by Crippen LogP contribution is -2.17. The Bertz CT molecular complexity index is 1100. The Labute approximate surface area is 177 Å². The van der Waals surface area contributed by atoms with Gasteiger partial charge in [0.1, 0.15) is 0 Å². The summed E-state index contributed by atoms with van der Waals surface area (Å²) in [5.74, 6) is -0.422. The van der Waals surface area contributed by atoms with E-state index < -0.39 is 10.8 Å². The predicted molar refractivity (Wildman–Crippen MR) is 115 cm³/mol. The number of amides is 1. The van der Waals surface area contributed by atoms with Gasteiger partial charge in [0.15, 0.2) is 4.80 Å². The van der Waals surface area contributed by atoms with Crippen LogP contribution in [-0.2, 0) is 13.0 Å². The summed E-state index contributed by atoms with van der Waals surface area (Å²) in [5.41, 5.74) is 2.33. The van der Waals surface area contributed by atoms with Crippen LogP contribution in [0.2, 0.25) is 5.02 Å². The minimum Gasteiger partial charge on any atom is -0.316 e. The minimum atomic E-state index is -0.495. The van der Waals surface area contributed by atoms with Crippen LogP contribution in [0.3, 0.4) is 0 Å². The van der Waals surface area contributed by atoms with Gasteiger partial charge < -0.3 is 4.57 Å². The molecule has 0 bridgehead atoms. The molecule has 0 aliphatic carbocycles. The number of hydrogen-bond acceptors (Lipinski definition) is 4. The van der Waals surface area contributed by atoms with Crippen molar-refractivity contribution in [3.63, 3.8) is 0 Å². The van der Waals surface area contributed by atoms with Crippen molar-refractivity contribution in [2.45, 2.75) is 33.2 Å². The summed E-state index contributed by atoms with van der Waals surface area (Å²) in [4.78, 5) is 29.1. The molecule has 0 aliphatic heterocycles. The van der Waals surface area contributed by atoms with Crippen LogP contribution >= 0.6 is 22.9 Å². The van der Waals surface area contributed by atoms with Crippen molar-refractivity contribution in [1.82, 2.24) is 4.57 Å². The minimum absolute atomic E-state index is 0.0587. The maximum atomic E-state index is 12.7. The van der Waals surface area contributed by atoms with Crippen LogP contribution in [-0.4, -0.2) is 15.4 Å². The second kappa shape index (κ2) is 9.15. The van der Waals surface area contributed by atoms with E-state index in [0.717, 1.165) is 29.0 Å². The molecule has 0 saturated heterocycles. The second-order valence-electron chi connectivity index (χ2n) is 6.38. The van der Waals surface area contributed by atoms with Crippen LogP contribution in [0, 0.1) is 10.1 Å². The Balaban J connectivity index is 2.08. The van der Waals surface area contributed by atoms with Crippen molar-refractivity contribution in [1.29, 1.82) is 0 Å². The van der Waals surface area contributed by atoms with Gasteiger partial charge in [-0.2, -0.15) is 4.99 Å². The van der Waals surface area contributed by atoms with Gasteiger partial charge in [0.2, 0.25) is 0 Å². The lowest BCUT2D eigenvalue weighted by Gasteiger charge is -2.09. The number of halogens is 1. The van der Waals surface area contributed by atoms with E-state index in [1.54, 1.807) is 0 Å². The zero-order valence-corrected chi connectivity index (χ0v) is 17.7. The van der Waals surface area contributed by atoms with Crippen molar-refractivity contribution in [3.05, 3.63) is 78.9 Å². The van der Waals surface area contributed by atoms with E-state index >= 15 is 0 Å². The molecule has 3 aromatic rings. The lowest BCUT2D eigenvalue weighted by molar-refractivity contribution is -0.384. The van der Waals surface area contributed by atoms with Gasteiger partial charge in [0.05, 0.1) is 10.6 Å². The molecule has 1 heterocycles. The molecule has 2 aromatic carbocycles. The molecule has 3 rings (SSSR count). The van der Waals surface area contributed by atoms with E-state index in [1.807, 2.05) is 35.8 Å². The van der Waals surface area contributed by atoms with Crippen LogP contribution in [0.25, 0.3) is 11.3 Å². The van der Waals surface area contributed by atoms with Crippen molar-refractivity contribution in [3.8, 4) is 11.3 Å². The quantitative estimate of drug-likeness (QED) is 0.384. The molecule has 0 saturated carbocycles. The zero-order valence-electron chi connectivity index (χ0n) is 16.1. The fourth-order valence-electron chi connectivity index (χ4n) is 3.03. The number of aromatic nitrogens is 1. The molecule has 1 aromatic heterocycles. The molecular formula is C21H20ClN3O3S. The summed E-state index contributed by atoms with van der Waals surface area (Å²) in [5, 5.41) is 11.5. The summed E-state index contributed by atoms with van der Waals surface area (Å²) in [7, 11) is 0. The van der Waals surface area contributed by atoms with Gasteiger partial charge in [-0.25, -0.2) is 0 Å². The van der Waals surface area contributed by atoms with E-state index in [9.17, 15) is 14.9 Å². The highest BCUT2D eigenvalue weighted by Gasteiger charge is 2.16. The van der Waals surface area contributed by atoms with E-state index in [-0.39, 0.29) is 5.69 Å². The number of nitro benzene ring substituents is 1. The molecule has 0 fully saturated rings. The van der Waals surface area contributed by atoms with E-state index in [4.69, 9.17) is 11.6 Å². The van der Waals surface area contributed by atoms with Crippen LogP contribution in [0.1, 0.15) is 35.5 Å². The molecule has 0 atom stereocenters. The fraction of sp³-hybridized carbons (Fsp3) is 0.238. The molecule has 0 aliphatic rings. The Hall–Kier alpha value is -2.77. The van der Waals surface area contributed by atoms with Gasteiger partial charge >= 0.3 is 0 Å². The van der Waals surface area contributed by atoms with Crippen molar-refractivity contribution >= 4 is 34.5 Å². The molecule has 0 radical (unpaired) electrons. The predicted octanol–water partition coefficient (Wildman–Crippen LogP) is 5.49. The molecule has 6 nitrogen and oxygen atoms in total. The summed E-state index contributed by atoms with van der Waals surface area (Å²) in [6.07, 6.45) is 1.85. The monoisotopic (exact) mass is 429 g/mol. The zero-order chi connectivity index (χ0) is 21.0. The summed E-state index contributed by atoms with van der Waals surface area (Å²) in [6, 6.07) is 13.1. The Morgan fingerprint density at radius 2 is 1.79 bits per heavy atom. The fourth-order valence-corrected chi connectivity index (χ4v) is 4.47. The molecule has 8 heteroatoms. The number of carbonyl (C=O) groups excluding carboxylic acids is 1. The van der Waals surface area contributed by atoms with Gasteiger partial charge in [0.25, 0.3) is 11.6 Å². The first-order valence-corrected chi connectivity index (χ1v) is 10.5. The SMILES string of the molecule is CCCc1sc(=NC(=O)c2ccc([N+](=O)[O-])cc2)n(CC)c1-c1ccc(Cl)cc1. The maximum Gasteiger partial charge on any atom is 0.279 e. The molecule has 0 unspecified atom stereocenters. The molecule has 0 spiro atoms. The first-order chi connectivity index (χ1) is 13.9. The second-order valence-corrected chi connectivity index (χ2v) is 7.88. The number of nitro groups is 1. The summed E-state index contributed by atoms with van der Waals surface area (Å²) >= 11 is 7.54. The van der Waals surface area contributed by atoms with Crippen LogP contribution in [0.15, 0.2) is 53.5 Å². The van der Waals surface area contributed by atoms with E-state index in [2.05, 4.69) is 11.9 Å². The van der Waals surface area contributed by atoms with E-state index in [1.165, 1.54) is 35.6 Å². The van der Waals surface area contributed by atoms with E-state index in [0.29, 0.717) is 21.9 Å². The summed E-state index contributed by atoms with van der Waals surface area (Å²) in [6.45, 7) is 4.78. The molecular weight excluding hydrogens is 410 g/mol. The van der Waals surface area contributed by atoms with Gasteiger partial charge in [-0.15, -0.1) is 11.3 Å². The van der Waals surface area contributed by atoms with Crippen molar-refractivity contribution in [2.75, 3.05) is 0 Å². The molecule has 1 amide bonds. The van der Waals surface area contributed by atoms with Gasteiger partial charge in [-0.1, -0.05) is 37.1 Å². The number of non-ortho nitro benzene ring substituents is 1. The Kier molecular flexibility index (Phi) is 6.61. The highest BCUT2D eigenvalue weighted by Crippen LogP contribution is 2.28. The Morgan fingerprint density at radius 3 is 2.34 bits per heavy atom.